The zero-order chi connectivity index (χ0) is 17.9. The van der Waals surface area contributed by atoms with Crippen LogP contribution in [0.3, 0.4) is 0 Å². The lowest BCUT2D eigenvalue weighted by molar-refractivity contribution is -0.385. The predicted octanol–water partition coefficient (Wildman–Crippen LogP) is 3.93. The van der Waals surface area contributed by atoms with E-state index in [4.69, 9.17) is 4.74 Å². The molecule has 2 aromatic rings. The van der Waals surface area contributed by atoms with Crippen LogP contribution in [0.2, 0.25) is 0 Å². The van der Waals surface area contributed by atoms with E-state index in [1.165, 1.54) is 6.07 Å². The number of nitro benzene ring substituents is 1. The smallest absolute Gasteiger partial charge is 0.274 e. The second-order valence-corrected chi connectivity index (χ2v) is 5.78. The first-order chi connectivity index (χ1) is 11.3. The van der Waals surface area contributed by atoms with Crippen LogP contribution in [0.4, 0.5) is 11.4 Å². The van der Waals surface area contributed by atoms with E-state index in [2.05, 4.69) is 5.32 Å². The molecule has 0 saturated heterocycles. The van der Waals surface area contributed by atoms with Gasteiger partial charge in [-0.15, -0.1) is 0 Å². The fraction of sp³-hybridized carbons (Fsp3) is 0.278. The van der Waals surface area contributed by atoms with E-state index in [-0.39, 0.29) is 11.6 Å². The van der Waals surface area contributed by atoms with Gasteiger partial charge >= 0.3 is 0 Å². The second-order valence-electron chi connectivity index (χ2n) is 5.78. The number of nitrogens with one attached hydrogen (secondary N) is 1. The number of nitro groups is 1. The molecule has 0 saturated carbocycles. The highest BCUT2D eigenvalue weighted by atomic mass is 16.6. The zero-order valence-electron chi connectivity index (χ0n) is 14.1. The van der Waals surface area contributed by atoms with Crippen molar-refractivity contribution >= 4 is 17.3 Å². The Morgan fingerprint density at radius 2 is 1.83 bits per heavy atom. The van der Waals surface area contributed by atoms with Gasteiger partial charge in [-0.2, -0.15) is 0 Å². The highest BCUT2D eigenvalue weighted by Gasteiger charge is 2.18. The number of aryl methyl sites for hydroxylation is 3. The minimum absolute atomic E-state index is 0.0317. The largest absolute Gasteiger partial charge is 0.481 e. The number of ether oxygens (including phenoxy) is 1. The Morgan fingerprint density at radius 3 is 2.46 bits per heavy atom. The molecule has 24 heavy (non-hydrogen) atoms. The number of amides is 1. The highest BCUT2D eigenvalue weighted by molar-refractivity contribution is 5.94. The number of anilines is 1. The van der Waals surface area contributed by atoms with Crippen molar-refractivity contribution in [1.82, 2.24) is 0 Å². The van der Waals surface area contributed by atoms with Crippen molar-refractivity contribution in [3.05, 3.63) is 63.2 Å². The van der Waals surface area contributed by atoms with Gasteiger partial charge in [0.1, 0.15) is 5.75 Å². The summed E-state index contributed by atoms with van der Waals surface area (Å²) in [6.45, 7) is 7.18. The Balaban J connectivity index is 2.09. The minimum atomic E-state index is -0.730. The first-order valence-electron chi connectivity index (χ1n) is 7.57. The number of carbonyl (C=O) groups excluding carboxylic acids is 1. The molecule has 0 fully saturated rings. The second kappa shape index (κ2) is 7.12. The molecular weight excluding hydrogens is 308 g/mol. The molecule has 0 radical (unpaired) electrons. The number of hydrogen-bond acceptors (Lipinski definition) is 4. The maximum absolute atomic E-state index is 12.3. The molecule has 1 N–H and O–H groups in total. The van der Waals surface area contributed by atoms with E-state index in [0.29, 0.717) is 17.0 Å². The Hall–Kier alpha value is -2.89. The third kappa shape index (κ3) is 4.10. The van der Waals surface area contributed by atoms with Crippen molar-refractivity contribution in [1.29, 1.82) is 0 Å². The van der Waals surface area contributed by atoms with Crippen LogP contribution in [0, 0.1) is 30.9 Å². The van der Waals surface area contributed by atoms with E-state index in [1.807, 2.05) is 32.0 Å². The summed E-state index contributed by atoms with van der Waals surface area (Å²) in [5.74, 6) is 0.270. The lowest BCUT2D eigenvalue weighted by atomic mass is 10.1. The molecule has 1 amide bonds. The minimum Gasteiger partial charge on any atom is -0.481 e. The van der Waals surface area contributed by atoms with Gasteiger partial charge in [0.25, 0.3) is 11.6 Å². The van der Waals surface area contributed by atoms with Gasteiger partial charge in [0.15, 0.2) is 6.10 Å². The number of nitrogens with zero attached hydrogens (tertiary/aromatic N) is 1. The molecule has 6 heteroatoms. The quantitative estimate of drug-likeness (QED) is 0.666. The van der Waals surface area contributed by atoms with Crippen molar-refractivity contribution < 1.29 is 14.5 Å². The van der Waals surface area contributed by atoms with Gasteiger partial charge < -0.3 is 10.1 Å². The van der Waals surface area contributed by atoms with Gasteiger partial charge in [-0.1, -0.05) is 23.8 Å². The summed E-state index contributed by atoms with van der Waals surface area (Å²) in [4.78, 5) is 22.8. The van der Waals surface area contributed by atoms with E-state index >= 15 is 0 Å². The van der Waals surface area contributed by atoms with Gasteiger partial charge in [0.2, 0.25) is 0 Å². The van der Waals surface area contributed by atoms with Gasteiger partial charge in [0, 0.05) is 17.3 Å². The van der Waals surface area contributed by atoms with E-state index in [1.54, 1.807) is 26.0 Å². The molecule has 0 spiro atoms. The van der Waals surface area contributed by atoms with Crippen molar-refractivity contribution in [2.75, 3.05) is 5.32 Å². The maximum Gasteiger partial charge on any atom is 0.274 e. The molecule has 0 aliphatic heterocycles. The lowest BCUT2D eigenvalue weighted by Gasteiger charge is -2.16. The summed E-state index contributed by atoms with van der Waals surface area (Å²) in [5, 5.41) is 13.6. The van der Waals surface area contributed by atoms with Crippen LogP contribution < -0.4 is 10.1 Å². The summed E-state index contributed by atoms with van der Waals surface area (Å²) < 4.78 is 5.69. The van der Waals surface area contributed by atoms with E-state index in [0.717, 1.165) is 11.1 Å². The van der Waals surface area contributed by atoms with Crippen molar-refractivity contribution in [3.8, 4) is 5.75 Å². The average Bonchev–Trinajstić information content (AvgIpc) is 2.51. The summed E-state index contributed by atoms with van der Waals surface area (Å²) in [6, 6.07) is 10.3. The van der Waals surface area contributed by atoms with Crippen LogP contribution in [0.15, 0.2) is 36.4 Å². The van der Waals surface area contributed by atoms with Crippen LogP contribution in [-0.2, 0) is 4.79 Å². The fourth-order valence-electron chi connectivity index (χ4n) is 2.30. The first-order valence-corrected chi connectivity index (χ1v) is 7.57. The van der Waals surface area contributed by atoms with Crippen molar-refractivity contribution in [3.63, 3.8) is 0 Å². The number of rotatable bonds is 5. The topological polar surface area (TPSA) is 81.5 Å². The molecule has 126 valence electrons. The van der Waals surface area contributed by atoms with Crippen LogP contribution in [0.5, 0.6) is 5.75 Å². The molecule has 0 aliphatic carbocycles. The molecule has 6 nitrogen and oxygen atoms in total. The standard InChI is InChI=1S/C18H20N2O4/c1-11-5-8-17(13(3)9-11)24-14(4)18(21)19-15-7-6-12(2)16(10-15)20(22)23/h5-10,14H,1-4H3,(H,19,21). The van der Waals surface area contributed by atoms with Gasteiger partial charge in [-0.3, -0.25) is 14.9 Å². The van der Waals surface area contributed by atoms with Crippen LogP contribution in [0.25, 0.3) is 0 Å². The maximum atomic E-state index is 12.3. The van der Waals surface area contributed by atoms with Gasteiger partial charge in [0.05, 0.1) is 4.92 Å². The van der Waals surface area contributed by atoms with Crippen molar-refractivity contribution in [2.24, 2.45) is 0 Å². The third-order valence-electron chi connectivity index (χ3n) is 3.68. The molecule has 2 aromatic carbocycles. The van der Waals surface area contributed by atoms with Crippen LogP contribution in [0.1, 0.15) is 23.6 Å². The molecule has 0 bridgehead atoms. The monoisotopic (exact) mass is 328 g/mol. The normalized spacial score (nSPS) is 11.7. The average molecular weight is 328 g/mol. The van der Waals surface area contributed by atoms with Crippen LogP contribution >= 0.6 is 0 Å². The SMILES string of the molecule is Cc1ccc(OC(C)C(=O)Nc2ccc(C)c([N+](=O)[O-])c2)c(C)c1. The summed E-state index contributed by atoms with van der Waals surface area (Å²) in [5.41, 5.74) is 2.94. The predicted molar refractivity (Wildman–Crippen MR) is 92.5 cm³/mol. The first kappa shape index (κ1) is 17.5. The molecule has 0 aliphatic rings. The van der Waals surface area contributed by atoms with Gasteiger partial charge in [-0.25, -0.2) is 0 Å². The fourth-order valence-corrected chi connectivity index (χ4v) is 2.30. The molecule has 1 atom stereocenters. The Bertz CT molecular complexity index is 787. The molecule has 0 aromatic heterocycles. The number of benzene rings is 2. The lowest BCUT2D eigenvalue weighted by Crippen LogP contribution is -2.30. The van der Waals surface area contributed by atoms with E-state index in [9.17, 15) is 14.9 Å². The number of hydrogen-bond donors (Lipinski definition) is 1. The Morgan fingerprint density at radius 1 is 1.12 bits per heavy atom. The Labute approximate surface area is 140 Å². The van der Waals surface area contributed by atoms with Crippen molar-refractivity contribution in [2.45, 2.75) is 33.8 Å². The molecule has 0 heterocycles. The molecule has 2 rings (SSSR count). The van der Waals surface area contributed by atoms with Crippen LogP contribution in [-0.4, -0.2) is 16.9 Å². The molecule has 1 unspecified atom stereocenters. The van der Waals surface area contributed by atoms with Gasteiger partial charge in [-0.05, 0) is 45.4 Å². The Kier molecular flexibility index (Phi) is 5.18. The summed E-state index contributed by atoms with van der Waals surface area (Å²) in [7, 11) is 0. The summed E-state index contributed by atoms with van der Waals surface area (Å²) in [6.07, 6.45) is -0.730. The molecular formula is C18H20N2O4. The zero-order valence-corrected chi connectivity index (χ0v) is 14.1. The van der Waals surface area contributed by atoms with E-state index < -0.39 is 11.0 Å². The highest BCUT2D eigenvalue weighted by Crippen LogP contribution is 2.23. The number of carbonyl (C=O) groups is 1. The third-order valence-corrected chi connectivity index (χ3v) is 3.68. The summed E-state index contributed by atoms with van der Waals surface area (Å²) >= 11 is 0.